The Morgan fingerprint density at radius 1 is 1.17 bits per heavy atom. The molecule has 0 saturated heterocycles. The lowest BCUT2D eigenvalue weighted by Crippen LogP contribution is -2.42. The predicted octanol–water partition coefficient (Wildman–Crippen LogP) is 3.96. The number of urea groups is 1. The summed E-state index contributed by atoms with van der Waals surface area (Å²) in [5.41, 5.74) is 3.95. The fourth-order valence-corrected chi connectivity index (χ4v) is 3.30. The molecule has 2 aromatic carbocycles. The highest BCUT2D eigenvalue weighted by atomic mass is 16.2. The van der Waals surface area contributed by atoms with Gasteiger partial charge in [-0.1, -0.05) is 66.7 Å². The van der Waals surface area contributed by atoms with Crippen LogP contribution in [0, 0.1) is 0 Å². The van der Waals surface area contributed by atoms with Crippen LogP contribution in [0.15, 0.2) is 66.7 Å². The highest BCUT2D eigenvalue weighted by Gasteiger charge is 2.26. The van der Waals surface area contributed by atoms with Gasteiger partial charge in [-0.3, -0.25) is 0 Å². The van der Waals surface area contributed by atoms with Gasteiger partial charge < -0.3 is 10.2 Å². The van der Waals surface area contributed by atoms with Gasteiger partial charge in [0, 0.05) is 25.6 Å². The van der Waals surface area contributed by atoms with E-state index in [0.29, 0.717) is 13.1 Å². The van der Waals surface area contributed by atoms with Gasteiger partial charge in [0.25, 0.3) is 0 Å². The van der Waals surface area contributed by atoms with Crippen molar-refractivity contribution in [1.82, 2.24) is 10.2 Å². The van der Waals surface area contributed by atoms with Gasteiger partial charge >= 0.3 is 6.03 Å². The quantitative estimate of drug-likeness (QED) is 0.853. The maximum Gasteiger partial charge on any atom is 0.317 e. The molecule has 1 aliphatic rings. The first-order chi connectivity index (χ1) is 11.8. The van der Waals surface area contributed by atoms with Crippen LogP contribution in [0.3, 0.4) is 0 Å². The summed E-state index contributed by atoms with van der Waals surface area (Å²) < 4.78 is 0. The lowest BCUT2D eigenvalue weighted by molar-refractivity contribution is 0.199. The van der Waals surface area contributed by atoms with Crippen molar-refractivity contribution < 1.29 is 4.79 Å². The Morgan fingerprint density at radius 2 is 1.92 bits per heavy atom. The molecule has 1 atom stereocenters. The third kappa shape index (κ3) is 3.67. The van der Waals surface area contributed by atoms with E-state index in [0.717, 1.165) is 13.0 Å². The zero-order chi connectivity index (χ0) is 16.8. The van der Waals surface area contributed by atoms with Crippen molar-refractivity contribution in [3.63, 3.8) is 0 Å². The first-order valence-corrected chi connectivity index (χ1v) is 8.56. The van der Waals surface area contributed by atoms with Gasteiger partial charge in [0.05, 0.1) is 0 Å². The summed E-state index contributed by atoms with van der Waals surface area (Å²) in [6, 6.07) is 19.1. The number of rotatable bonds is 3. The number of hydrogen-bond donors (Lipinski definition) is 1. The zero-order valence-electron chi connectivity index (χ0n) is 14.1. The Bertz CT molecular complexity index is 709. The van der Waals surface area contributed by atoms with E-state index in [1.807, 2.05) is 30.0 Å². The topological polar surface area (TPSA) is 32.3 Å². The monoisotopic (exact) mass is 320 g/mol. The second-order valence-electron chi connectivity index (χ2n) is 6.11. The van der Waals surface area contributed by atoms with Crippen molar-refractivity contribution in [2.75, 3.05) is 19.6 Å². The predicted molar refractivity (Wildman–Crippen MR) is 98.2 cm³/mol. The lowest BCUT2D eigenvalue weighted by Gasteiger charge is -2.25. The van der Waals surface area contributed by atoms with E-state index in [9.17, 15) is 4.79 Å². The standard InChI is InChI=1S/C21H24N2O/c1-2-3-14-22-21(24)23-15-13-18-11-7-8-12-19(18)20(16-23)17-9-5-4-6-10-17/h2-12,20H,13-16H2,1H3,(H,22,24). The summed E-state index contributed by atoms with van der Waals surface area (Å²) in [5.74, 6) is 0.220. The second-order valence-corrected chi connectivity index (χ2v) is 6.11. The van der Waals surface area contributed by atoms with Crippen molar-refractivity contribution >= 4 is 6.03 Å². The largest absolute Gasteiger partial charge is 0.335 e. The Hall–Kier alpha value is -2.55. The smallest absolute Gasteiger partial charge is 0.317 e. The summed E-state index contributed by atoms with van der Waals surface area (Å²) in [6.07, 6.45) is 4.81. The minimum Gasteiger partial charge on any atom is -0.335 e. The number of benzene rings is 2. The number of amides is 2. The van der Waals surface area contributed by atoms with Crippen molar-refractivity contribution in [2.24, 2.45) is 0 Å². The molecule has 0 aromatic heterocycles. The molecule has 1 heterocycles. The summed E-state index contributed by atoms with van der Waals surface area (Å²) in [7, 11) is 0. The summed E-state index contributed by atoms with van der Waals surface area (Å²) in [6.45, 7) is 4.00. The van der Waals surface area contributed by atoms with E-state index in [4.69, 9.17) is 0 Å². The Labute approximate surface area is 144 Å². The highest BCUT2D eigenvalue weighted by molar-refractivity contribution is 5.74. The molecular weight excluding hydrogens is 296 g/mol. The molecule has 0 spiro atoms. The third-order valence-corrected chi connectivity index (χ3v) is 4.58. The average Bonchev–Trinajstić information content (AvgIpc) is 2.83. The fourth-order valence-electron chi connectivity index (χ4n) is 3.30. The van der Waals surface area contributed by atoms with Gasteiger partial charge in [-0.15, -0.1) is 0 Å². The van der Waals surface area contributed by atoms with E-state index in [1.54, 1.807) is 0 Å². The molecular formula is C21H24N2O. The van der Waals surface area contributed by atoms with Gasteiger partial charge in [0.15, 0.2) is 0 Å². The van der Waals surface area contributed by atoms with Crippen LogP contribution < -0.4 is 5.32 Å². The molecule has 2 aromatic rings. The van der Waals surface area contributed by atoms with Crippen molar-refractivity contribution in [2.45, 2.75) is 19.3 Å². The zero-order valence-corrected chi connectivity index (χ0v) is 14.1. The molecule has 1 aliphatic heterocycles. The molecule has 124 valence electrons. The number of carbonyl (C=O) groups is 1. The molecule has 3 nitrogen and oxygen atoms in total. The molecule has 3 rings (SSSR count). The highest BCUT2D eigenvalue weighted by Crippen LogP contribution is 2.31. The van der Waals surface area contributed by atoms with Crippen molar-refractivity contribution in [3.8, 4) is 0 Å². The van der Waals surface area contributed by atoms with Crippen molar-refractivity contribution in [1.29, 1.82) is 0 Å². The number of fused-ring (bicyclic) bond motifs is 1. The van der Waals surface area contributed by atoms with Gasteiger partial charge in [-0.25, -0.2) is 4.79 Å². The summed E-state index contributed by atoms with van der Waals surface area (Å²) in [5, 5.41) is 2.98. The number of allylic oxidation sites excluding steroid dienone is 1. The lowest BCUT2D eigenvalue weighted by atomic mass is 9.88. The Balaban J connectivity index is 1.87. The number of nitrogens with zero attached hydrogens (tertiary/aromatic N) is 1. The maximum absolute atomic E-state index is 12.5. The first kappa shape index (κ1) is 16.3. The molecule has 24 heavy (non-hydrogen) atoms. The Morgan fingerprint density at radius 3 is 2.71 bits per heavy atom. The Kier molecular flexibility index (Phi) is 5.32. The molecule has 1 N–H and O–H groups in total. The SMILES string of the molecule is CC=CCNC(=O)N1CCc2ccccc2C(c2ccccc2)C1. The van der Waals surface area contributed by atoms with E-state index in [-0.39, 0.29) is 11.9 Å². The molecule has 0 aliphatic carbocycles. The van der Waals surface area contributed by atoms with Crippen LogP contribution in [0.2, 0.25) is 0 Å². The maximum atomic E-state index is 12.5. The van der Waals surface area contributed by atoms with Crippen LogP contribution >= 0.6 is 0 Å². The minimum absolute atomic E-state index is 0.0156. The van der Waals surface area contributed by atoms with E-state index < -0.39 is 0 Å². The number of carbonyl (C=O) groups excluding carboxylic acids is 1. The first-order valence-electron chi connectivity index (χ1n) is 8.56. The van der Waals surface area contributed by atoms with Crippen molar-refractivity contribution in [3.05, 3.63) is 83.4 Å². The van der Waals surface area contributed by atoms with E-state index in [2.05, 4.69) is 53.8 Å². The van der Waals surface area contributed by atoms with Crippen LogP contribution in [0.4, 0.5) is 4.79 Å². The summed E-state index contributed by atoms with van der Waals surface area (Å²) >= 11 is 0. The fraction of sp³-hybridized carbons (Fsp3) is 0.286. The third-order valence-electron chi connectivity index (χ3n) is 4.58. The van der Waals surface area contributed by atoms with E-state index >= 15 is 0 Å². The van der Waals surface area contributed by atoms with Gasteiger partial charge in [0.1, 0.15) is 0 Å². The van der Waals surface area contributed by atoms with E-state index in [1.165, 1.54) is 16.7 Å². The molecule has 0 radical (unpaired) electrons. The summed E-state index contributed by atoms with van der Waals surface area (Å²) in [4.78, 5) is 14.5. The average molecular weight is 320 g/mol. The molecule has 3 heteroatoms. The molecule has 0 saturated carbocycles. The van der Waals surface area contributed by atoms with Gasteiger partial charge in [-0.05, 0) is 30.0 Å². The molecule has 0 fully saturated rings. The normalized spacial score (nSPS) is 17.4. The minimum atomic E-state index is 0.0156. The van der Waals surface area contributed by atoms with Crippen LogP contribution in [-0.2, 0) is 6.42 Å². The van der Waals surface area contributed by atoms with Gasteiger partial charge in [0.2, 0.25) is 0 Å². The number of nitrogens with one attached hydrogen (secondary N) is 1. The van der Waals surface area contributed by atoms with Crippen LogP contribution in [0.1, 0.15) is 29.5 Å². The molecule has 1 unspecified atom stereocenters. The second kappa shape index (κ2) is 7.82. The van der Waals surface area contributed by atoms with Gasteiger partial charge in [-0.2, -0.15) is 0 Å². The van der Waals surface area contributed by atoms with Crippen LogP contribution in [-0.4, -0.2) is 30.6 Å². The number of hydrogen-bond acceptors (Lipinski definition) is 1. The van der Waals surface area contributed by atoms with Crippen LogP contribution in [0.5, 0.6) is 0 Å². The molecule has 0 bridgehead atoms. The van der Waals surface area contributed by atoms with Crippen LogP contribution in [0.25, 0.3) is 0 Å². The molecule has 2 amide bonds.